The van der Waals surface area contributed by atoms with Gasteiger partial charge in [-0.25, -0.2) is 4.39 Å². The number of halogens is 2. The van der Waals surface area contributed by atoms with E-state index in [1.807, 2.05) is 32.0 Å². The van der Waals surface area contributed by atoms with Gasteiger partial charge in [-0.3, -0.25) is 0 Å². The molecular formula is C15H14ClF. The van der Waals surface area contributed by atoms with Crippen molar-refractivity contribution in [3.63, 3.8) is 0 Å². The summed E-state index contributed by atoms with van der Waals surface area (Å²) in [6, 6.07) is 12.6. The quantitative estimate of drug-likeness (QED) is 0.672. The maximum Gasteiger partial charge on any atom is 0.128 e. The molecule has 88 valence electrons. The van der Waals surface area contributed by atoms with Gasteiger partial charge in [0, 0.05) is 5.56 Å². The molecule has 17 heavy (non-hydrogen) atoms. The molecule has 2 rings (SSSR count). The number of benzene rings is 2. The first-order valence-corrected chi connectivity index (χ1v) is 5.99. The second kappa shape index (κ2) is 4.89. The average molecular weight is 249 g/mol. The third-order valence-corrected chi connectivity index (χ3v) is 3.49. The molecule has 0 saturated carbocycles. The Bertz CT molecular complexity index is 534. The van der Waals surface area contributed by atoms with Crippen molar-refractivity contribution in [2.75, 3.05) is 0 Å². The number of aryl methyl sites for hydroxylation is 2. The fraction of sp³-hybridized carbons (Fsp3) is 0.200. The molecule has 0 aliphatic heterocycles. The molecule has 0 aliphatic rings. The Morgan fingerprint density at radius 3 is 2.35 bits per heavy atom. The van der Waals surface area contributed by atoms with Gasteiger partial charge in [-0.15, -0.1) is 11.6 Å². The monoisotopic (exact) mass is 248 g/mol. The highest BCUT2D eigenvalue weighted by molar-refractivity contribution is 6.22. The summed E-state index contributed by atoms with van der Waals surface area (Å²) in [4.78, 5) is 0. The van der Waals surface area contributed by atoms with E-state index in [2.05, 4.69) is 0 Å². The molecule has 0 bridgehead atoms. The molecule has 0 aliphatic carbocycles. The van der Waals surface area contributed by atoms with Crippen molar-refractivity contribution in [3.8, 4) is 0 Å². The van der Waals surface area contributed by atoms with Gasteiger partial charge < -0.3 is 0 Å². The smallest absolute Gasteiger partial charge is 0.128 e. The summed E-state index contributed by atoms with van der Waals surface area (Å²) in [7, 11) is 0. The molecule has 0 radical (unpaired) electrons. The molecule has 0 saturated heterocycles. The molecule has 0 fully saturated rings. The van der Waals surface area contributed by atoms with E-state index in [0.717, 1.165) is 5.56 Å². The van der Waals surface area contributed by atoms with Gasteiger partial charge in [-0.1, -0.05) is 36.4 Å². The molecule has 1 atom stereocenters. The standard InChI is InChI=1S/C15H14ClF/c1-10-7-8-12(9-11(10)2)15(16)13-5-3-4-6-14(13)17/h3-9,15H,1-2H3. The molecule has 0 heterocycles. The van der Waals surface area contributed by atoms with Gasteiger partial charge in [0.2, 0.25) is 0 Å². The summed E-state index contributed by atoms with van der Waals surface area (Å²) in [6.45, 7) is 4.08. The molecular weight excluding hydrogens is 235 g/mol. The Labute approximate surface area is 106 Å². The van der Waals surface area contributed by atoms with Crippen LogP contribution in [0.3, 0.4) is 0 Å². The number of hydrogen-bond donors (Lipinski definition) is 0. The van der Waals surface area contributed by atoms with Crippen LogP contribution in [0, 0.1) is 19.7 Å². The highest BCUT2D eigenvalue weighted by Gasteiger charge is 2.14. The molecule has 0 amide bonds. The van der Waals surface area contributed by atoms with Crippen LogP contribution in [0.15, 0.2) is 42.5 Å². The summed E-state index contributed by atoms with van der Waals surface area (Å²) < 4.78 is 13.6. The van der Waals surface area contributed by atoms with Gasteiger partial charge in [0.25, 0.3) is 0 Å². The van der Waals surface area contributed by atoms with Gasteiger partial charge in [-0.05, 0) is 36.6 Å². The van der Waals surface area contributed by atoms with Crippen LogP contribution in [0.5, 0.6) is 0 Å². The van der Waals surface area contributed by atoms with Crippen molar-refractivity contribution >= 4 is 11.6 Å². The first kappa shape index (κ1) is 12.1. The summed E-state index contributed by atoms with van der Waals surface area (Å²) in [5, 5.41) is -0.435. The van der Waals surface area contributed by atoms with Gasteiger partial charge >= 0.3 is 0 Å². The maximum atomic E-state index is 13.6. The molecule has 2 heteroatoms. The molecule has 0 spiro atoms. The minimum absolute atomic E-state index is 0.259. The van der Waals surface area contributed by atoms with Gasteiger partial charge in [-0.2, -0.15) is 0 Å². The highest BCUT2D eigenvalue weighted by Crippen LogP contribution is 2.31. The van der Waals surface area contributed by atoms with Crippen molar-refractivity contribution in [2.45, 2.75) is 19.2 Å². The summed E-state index contributed by atoms with van der Waals surface area (Å²) >= 11 is 6.32. The van der Waals surface area contributed by atoms with Crippen LogP contribution in [0.1, 0.15) is 27.6 Å². The van der Waals surface area contributed by atoms with E-state index in [4.69, 9.17) is 11.6 Å². The van der Waals surface area contributed by atoms with Crippen LogP contribution >= 0.6 is 11.6 Å². The van der Waals surface area contributed by atoms with Gasteiger partial charge in [0.15, 0.2) is 0 Å². The molecule has 0 N–H and O–H groups in total. The number of alkyl halides is 1. The summed E-state index contributed by atoms with van der Waals surface area (Å²) in [5.74, 6) is -0.259. The minimum atomic E-state index is -0.435. The van der Waals surface area contributed by atoms with Crippen molar-refractivity contribution in [2.24, 2.45) is 0 Å². The molecule has 2 aromatic rings. The van der Waals surface area contributed by atoms with Crippen molar-refractivity contribution in [1.29, 1.82) is 0 Å². The lowest BCUT2D eigenvalue weighted by Gasteiger charge is -2.12. The predicted octanol–water partition coefficient (Wildman–Crippen LogP) is 4.77. The minimum Gasteiger partial charge on any atom is -0.207 e. The van der Waals surface area contributed by atoms with Gasteiger partial charge in [0.1, 0.15) is 5.82 Å². The Balaban J connectivity index is 2.40. The van der Waals surface area contributed by atoms with Crippen LogP contribution < -0.4 is 0 Å². The van der Waals surface area contributed by atoms with E-state index in [0.29, 0.717) is 5.56 Å². The van der Waals surface area contributed by atoms with Crippen LogP contribution in [-0.2, 0) is 0 Å². The summed E-state index contributed by atoms with van der Waals surface area (Å²) in [5.41, 5.74) is 3.84. The van der Waals surface area contributed by atoms with E-state index >= 15 is 0 Å². The third kappa shape index (κ3) is 2.50. The lowest BCUT2D eigenvalue weighted by atomic mass is 10.00. The molecule has 1 unspecified atom stereocenters. The lowest BCUT2D eigenvalue weighted by molar-refractivity contribution is 0.612. The Kier molecular flexibility index (Phi) is 3.49. The molecule has 0 nitrogen and oxygen atoms in total. The van der Waals surface area contributed by atoms with Crippen LogP contribution in [-0.4, -0.2) is 0 Å². The van der Waals surface area contributed by atoms with E-state index in [1.54, 1.807) is 18.2 Å². The Morgan fingerprint density at radius 1 is 1.00 bits per heavy atom. The maximum absolute atomic E-state index is 13.6. The van der Waals surface area contributed by atoms with E-state index in [-0.39, 0.29) is 5.82 Å². The fourth-order valence-electron chi connectivity index (χ4n) is 1.78. The fourth-order valence-corrected chi connectivity index (χ4v) is 2.10. The third-order valence-electron chi connectivity index (χ3n) is 3.00. The second-order valence-corrected chi connectivity index (χ2v) is 4.66. The normalized spacial score (nSPS) is 12.5. The zero-order valence-electron chi connectivity index (χ0n) is 9.87. The number of rotatable bonds is 2. The first-order valence-electron chi connectivity index (χ1n) is 5.55. The topological polar surface area (TPSA) is 0 Å². The highest BCUT2D eigenvalue weighted by atomic mass is 35.5. The van der Waals surface area contributed by atoms with E-state index in [1.165, 1.54) is 17.2 Å². The largest absolute Gasteiger partial charge is 0.207 e. The summed E-state index contributed by atoms with van der Waals surface area (Å²) in [6.07, 6.45) is 0. The lowest BCUT2D eigenvalue weighted by Crippen LogP contribution is -1.97. The van der Waals surface area contributed by atoms with E-state index in [9.17, 15) is 4.39 Å². The molecule has 2 aromatic carbocycles. The Hall–Kier alpha value is -1.34. The first-order chi connectivity index (χ1) is 8.09. The average Bonchev–Trinajstić information content (AvgIpc) is 2.32. The SMILES string of the molecule is Cc1ccc(C(Cl)c2ccccc2F)cc1C. The van der Waals surface area contributed by atoms with Crippen molar-refractivity contribution in [3.05, 3.63) is 70.5 Å². The zero-order valence-corrected chi connectivity index (χ0v) is 10.6. The van der Waals surface area contributed by atoms with Crippen molar-refractivity contribution in [1.82, 2.24) is 0 Å². The van der Waals surface area contributed by atoms with Crippen LogP contribution in [0.4, 0.5) is 4.39 Å². The second-order valence-electron chi connectivity index (χ2n) is 4.23. The van der Waals surface area contributed by atoms with E-state index < -0.39 is 5.38 Å². The zero-order chi connectivity index (χ0) is 12.4. The molecule has 0 aromatic heterocycles. The van der Waals surface area contributed by atoms with Gasteiger partial charge in [0.05, 0.1) is 5.38 Å². The van der Waals surface area contributed by atoms with Crippen LogP contribution in [0.25, 0.3) is 0 Å². The number of hydrogen-bond acceptors (Lipinski definition) is 0. The van der Waals surface area contributed by atoms with Crippen LogP contribution in [0.2, 0.25) is 0 Å². The Morgan fingerprint density at radius 2 is 1.71 bits per heavy atom. The van der Waals surface area contributed by atoms with Crippen molar-refractivity contribution < 1.29 is 4.39 Å². The predicted molar refractivity (Wildman–Crippen MR) is 70.0 cm³/mol.